The van der Waals surface area contributed by atoms with E-state index in [9.17, 15) is 0 Å². The molecule has 0 radical (unpaired) electrons. The van der Waals surface area contributed by atoms with Crippen LogP contribution in [0.25, 0.3) is 16.9 Å². The molecule has 5 nitrogen and oxygen atoms in total. The number of fused-ring (bicyclic) bond motifs is 2. The van der Waals surface area contributed by atoms with Gasteiger partial charge in [0, 0.05) is 17.7 Å². The summed E-state index contributed by atoms with van der Waals surface area (Å²) in [4.78, 5) is 0. The highest BCUT2D eigenvalue weighted by molar-refractivity contribution is 5.73. The van der Waals surface area contributed by atoms with Gasteiger partial charge in [0.1, 0.15) is 5.82 Å². The van der Waals surface area contributed by atoms with Gasteiger partial charge in [0.25, 0.3) is 0 Å². The monoisotopic (exact) mass is 347 g/mol. The molecule has 1 aromatic heterocycles. The van der Waals surface area contributed by atoms with Gasteiger partial charge in [0.2, 0.25) is 6.79 Å². The molecular weight excluding hydrogens is 326 g/mol. The lowest BCUT2D eigenvalue weighted by Gasteiger charge is -2.11. The number of anilines is 1. The number of hydrogen-bond acceptors (Lipinski definition) is 4. The van der Waals surface area contributed by atoms with Gasteiger partial charge < -0.3 is 14.8 Å². The molecule has 5 rings (SSSR count). The van der Waals surface area contributed by atoms with Crippen LogP contribution in [0, 0.1) is 6.92 Å². The van der Waals surface area contributed by atoms with Crippen LogP contribution in [-0.2, 0) is 6.42 Å². The molecule has 0 atom stereocenters. The van der Waals surface area contributed by atoms with Crippen molar-refractivity contribution in [1.82, 2.24) is 9.78 Å². The summed E-state index contributed by atoms with van der Waals surface area (Å²) in [7, 11) is 0. The summed E-state index contributed by atoms with van der Waals surface area (Å²) < 4.78 is 13.1. The summed E-state index contributed by atoms with van der Waals surface area (Å²) >= 11 is 0. The van der Waals surface area contributed by atoms with Crippen molar-refractivity contribution < 1.29 is 9.47 Å². The number of aryl methyl sites for hydroxylation is 1. The molecule has 0 fully saturated rings. The van der Waals surface area contributed by atoms with E-state index in [1.165, 1.54) is 17.5 Å². The fourth-order valence-corrected chi connectivity index (χ4v) is 3.75. The lowest BCUT2D eigenvalue weighted by atomic mass is 10.0. The number of aromatic nitrogens is 2. The van der Waals surface area contributed by atoms with E-state index >= 15 is 0 Å². The minimum absolute atomic E-state index is 0.288. The second-order valence-electron chi connectivity index (χ2n) is 6.83. The Hall–Kier alpha value is -2.95. The average Bonchev–Trinajstić information content (AvgIpc) is 3.19. The average molecular weight is 347 g/mol. The number of rotatable bonds is 2. The number of nitrogens with zero attached hydrogens (tertiary/aromatic N) is 2. The van der Waals surface area contributed by atoms with E-state index in [2.05, 4.69) is 47.3 Å². The molecule has 26 heavy (non-hydrogen) atoms. The molecular formula is C21H21N3O2. The maximum atomic E-state index is 5.57. The van der Waals surface area contributed by atoms with Crippen molar-refractivity contribution in [2.45, 2.75) is 26.2 Å². The molecule has 1 N–H and O–H groups in total. The molecule has 0 bridgehead atoms. The lowest BCUT2D eigenvalue weighted by molar-refractivity contribution is 0.174. The highest BCUT2D eigenvalue weighted by Gasteiger charge is 2.23. The molecule has 5 heteroatoms. The van der Waals surface area contributed by atoms with Crippen LogP contribution in [0.3, 0.4) is 0 Å². The molecule has 2 aliphatic heterocycles. The summed E-state index contributed by atoms with van der Waals surface area (Å²) in [5.74, 6) is 2.71. The van der Waals surface area contributed by atoms with Gasteiger partial charge in [-0.3, -0.25) is 0 Å². The molecule has 0 spiro atoms. The van der Waals surface area contributed by atoms with Crippen LogP contribution >= 0.6 is 0 Å². The standard InChI is InChI=1S/C21H21N3O2/c1-14-6-2-3-8-17(14)24-21-16(7-4-5-11-22-21)20(23-24)15-9-10-18-19(12-15)26-13-25-18/h2-3,6,8-10,12,22H,4-5,7,11,13H2,1H3. The second kappa shape index (κ2) is 6.09. The minimum atomic E-state index is 0.288. The van der Waals surface area contributed by atoms with Crippen LogP contribution in [0.1, 0.15) is 24.0 Å². The van der Waals surface area contributed by atoms with Gasteiger partial charge in [-0.2, -0.15) is 5.10 Å². The summed E-state index contributed by atoms with van der Waals surface area (Å²) in [6.07, 6.45) is 3.36. The third kappa shape index (κ3) is 2.43. The van der Waals surface area contributed by atoms with Crippen LogP contribution in [-0.4, -0.2) is 23.1 Å². The highest BCUT2D eigenvalue weighted by Crippen LogP contribution is 2.39. The van der Waals surface area contributed by atoms with Crippen molar-refractivity contribution in [3.8, 4) is 28.4 Å². The Morgan fingerprint density at radius 3 is 2.85 bits per heavy atom. The molecule has 0 aliphatic carbocycles. The Labute approximate surface area is 152 Å². The lowest BCUT2D eigenvalue weighted by Crippen LogP contribution is -2.08. The van der Waals surface area contributed by atoms with Crippen molar-refractivity contribution in [1.29, 1.82) is 0 Å². The predicted molar refractivity (Wildman–Crippen MR) is 101 cm³/mol. The Bertz CT molecular complexity index is 977. The third-order valence-corrected chi connectivity index (χ3v) is 5.12. The minimum Gasteiger partial charge on any atom is -0.454 e. The molecule has 0 unspecified atom stereocenters. The maximum absolute atomic E-state index is 5.57. The van der Waals surface area contributed by atoms with Gasteiger partial charge in [-0.25, -0.2) is 4.68 Å². The normalized spacial score (nSPS) is 15.3. The summed E-state index contributed by atoms with van der Waals surface area (Å²) in [5.41, 5.74) is 5.70. The first-order chi connectivity index (χ1) is 12.8. The number of ether oxygens (including phenoxy) is 2. The largest absolute Gasteiger partial charge is 0.454 e. The van der Waals surface area contributed by atoms with Crippen LogP contribution in [0.4, 0.5) is 5.82 Å². The summed E-state index contributed by atoms with van der Waals surface area (Å²) in [6.45, 7) is 3.39. The molecule has 2 aromatic carbocycles. The Balaban J connectivity index is 1.70. The van der Waals surface area contributed by atoms with Crippen LogP contribution in [0.15, 0.2) is 42.5 Å². The van der Waals surface area contributed by atoms with E-state index in [0.29, 0.717) is 0 Å². The molecule has 0 saturated carbocycles. The second-order valence-corrected chi connectivity index (χ2v) is 6.83. The molecule has 3 aromatic rings. The van der Waals surface area contributed by atoms with Gasteiger partial charge in [-0.1, -0.05) is 18.2 Å². The Kier molecular flexibility index (Phi) is 3.59. The predicted octanol–water partition coefficient (Wildman–Crippen LogP) is 4.32. The first-order valence-corrected chi connectivity index (χ1v) is 9.13. The van der Waals surface area contributed by atoms with E-state index < -0.39 is 0 Å². The van der Waals surface area contributed by atoms with E-state index in [0.717, 1.165) is 53.6 Å². The van der Waals surface area contributed by atoms with E-state index in [1.807, 2.05) is 12.1 Å². The van der Waals surface area contributed by atoms with Gasteiger partial charge in [0.15, 0.2) is 11.5 Å². The smallest absolute Gasteiger partial charge is 0.231 e. The molecule has 3 heterocycles. The van der Waals surface area contributed by atoms with E-state index in [4.69, 9.17) is 14.6 Å². The van der Waals surface area contributed by atoms with Crippen LogP contribution in [0.2, 0.25) is 0 Å². The van der Waals surface area contributed by atoms with Crippen LogP contribution < -0.4 is 14.8 Å². The van der Waals surface area contributed by atoms with Gasteiger partial charge in [-0.15, -0.1) is 0 Å². The van der Waals surface area contributed by atoms with Crippen molar-refractivity contribution in [2.24, 2.45) is 0 Å². The van der Waals surface area contributed by atoms with Gasteiger partial charge >= 0.3 is 0 Å². The van der Waals surface area contributed by atoms with Crippen molar-refractivity contribution in [3.63, 3.8) is 0 Å². The zero-order chi connectivity index (χ0) is 17.5. The molecule has 0 saturated heterocycles. The fraction of sp³-hybridized carbons (Fsp3) is 0.286. The highest BCUT2D eigenvalue weighted by atomic mass is 16.7. The first kappa shape index (κ1) is 15.3. The van der Waals surface area contributed by atoms with Gasteiger partial charge in [0.05, 0.1) is 11.4 Å². The molecule has 0 amide bonds. The van der Waals surface area contributed by atoms with E-state index in [1.54, 1.807) is 0 Å². The number of para-hydroxylation sites is 1. The number of nitrogens with one attached hydrogen (secondary N) is 1. The fourth-order valence-electron chi connectivity index (χ4n) is 3.75. The maximum Gasteiger partial charge on any atom is 0.231 e. The Morgan fingerprint density at radius 1 is 1.04 bits per heavy atom. The quantitative estimate of drug-likeness (QED) is 0.750. The SMILES string of the molecule is Cc1ccccc1-n1nc(-c2ccc3c(c2)OCO3)c2c1NCCCC2. The van der Waals surface area contributed by atoms with Crippen molar-refractivity contribution in [2.75, 3.05) is 18.7 Å². The number of hydrogen-bond donors (Lipinski definition) is 1. The topological polar surface area (TPSA) is 48.3 Å². The van der Waals surface area contributed by atoms with Crippen molar-refractivity contribution >= 4 is 5.82 Å². The molecule has 132 valence electrons. The van der Waals surface area contributed by atoms with Crippen molar-refractivity contribution in [3.05, 3.63) is 53.6 Å². The summed E-state index contributed by atoms with van der Waals surface area (Å²) in [6, 6.07) is 14.5. The van der Waals surface area contributed by atoms with Gasteiger partial charge in [-0.05, 0) is 56.0 Å². The third-order valence-electron chi connectivity index (χ3n) is 5.12. The van der Waals surface area contributed by atoms with E-state index in [-0.39, 0.29) is 6.79 Å². The zero-order valence-electron chi connectivity index (χ0n) is 14.8. The summed E-state index contributed by atoms with van der Waals surface area (Å²) in [5, 5.41) is 8.62. The molecule has 2 aliphatic rings. The zero-order valence-corrected chi connectivity index (χ0v) is 14.8. The Morgan fingerprint density at radius 2 is 1.92 bits per heavy atom. The van der Waals surface area contributed by atoms with Crippen LogP contribution in [0.5, 0.6) is 11.5 Å². The first-order valence-electron chi connectivity index (χ1n) is 9.13. The number of benzene rings is 2.